The standard InChI is InChI=1S/C23H28FN3O/c24-20-7-3-19(4-8-20)16-27(22-11-12-22)17-23(28)25-15-18-5-9-21(10-6-18)26-13-1-2-14-26/h3-10,22H,1-2,11-17H2,(H,25,28). The predicted octanol–water partition coefficient (Wildman–Crippen LogP) is 3.71. The third-order valence-electron chi connectivity index (χ3n) is 5.61. The second kappa shape index (κ2) is 8.74. The zero-order chi connectivity index (χ0) is 19.3. The van der Waals surface area contributed by atoms with Crippen LogP contribution in [0.25, 0.3) is 0 Å². The van der Waals surface area contributed by atoms with Crippen LogP contribution in [0.5, 0.6) is 0 Å². The molecular formula is C23H28FN3O. The molecule has 1 N–H and O–H groups in total. The number of carbonyl (C=O) groups excluding carboxylic acids is 1. The molecule has 2 aliphatic rings. The van der Waals surface area contributed by atoms with E-state index in [1.807, 2.05) is 0 Å². The van der Waals surface area contributed by atoms with Gasteiger partial charge in [-0.05, 0) is 61.1 Å². The monoisotopic (exact) mass is 381 g/mol. The SMILES string of the molecule is O=C(CN(Cc1ccc(F)cc1)C1CC1)NCc1ccc(N2CCCC2)cc1. The van der Waals surface area contributed by atoms with Gasteiger partial charge in [-0.15, -0.1) is 0 Å². The van der Waals surface area contributed by atoms with Crippen molar-refractivity contribution in [1.82, 2.24) is 10.2 Å². The number of nitrogens with one attached hydrogen (secondary N) is 1. The highest BCUT2D eigenvalue weighted by atomic mass is 19.1. The van der Waals surface area contributed by atoms with Crippen LogP contribution in [0.15, 0.2) is 48.5 Å². The summed E-state index contributed by atoms with van der Waals surface area (Å²) in [6, 6.07) is 15.5. The number of halogens is 1. The van der Waals surface area contributed by atoms with Gasteiger partial charge >= 0.3 is 0 Å². The maximum absolute atomic E-state index is 13.1. The Labute approximate surface area is 166 Å². The lowest BCUT2D eigenvalue weighted by Gasteiger charge is -2.21. The highest BCUT2D eigenvalue weighted by molar-refractivity contribution is 5.78. The summed E-state index contributed by atoms with van der Waals surface area (Å²) >= 11 is 0. The van der Waals surface area contributed by atoms with E-state index in [1.165, 1.54) is 30.7 Å². The quantitative estimate of drug-likeness (QED) is 0.757. The number of benzene rings is 2. The molecule has 2 aromatic rings. The average Bonchev–Trinajstić information content (AvgIpc) is 3.42. The zero-order valence-electron chi connectivity index (χ0n) is 16.2. The lowest BCUT2D eigenvalue weighted by molar-refractivity contribution is -0.122. The minimum atomic E-state index is -0.227. The fourth-order valence-electron chi connectivity index (χ4n) is 3.82. The van der Waals surface area contributed by atoms with Gasteiger partial charge in [0, 0.05) is 37.9 Å². The van der Waals surface area contributed by atoms with Crippen molar-refractivity contribution in [2.45, 2.75) is 44.8 Å². The van der Waals surface area contributed by atoms with Crippen LogP contribution < -0.4 is 10.2 Å². The van der Waals surface area contributed by atoms with Crippen molar-refractivity contribution in [3.8, 4) is 0 Å². The van der Waals surface area contributed by atoms with Gasteiger partial charge < -0.3 is 10.2 Å². The first-order chi connectivity index (χ1) is 13.7. The Morgan fingerprint density at radius 1 is 1.00 bits per heavy atom. The summed E-state index contributed by atoms with van der Waals surface area (Å²) < 4.78 is 13.1. The number of rotatable bonds is 8. The van der Waals surface area contributed by atoms with Crippen molar-refractivity contribution in [3.63, 3.8) is 0 Å². The summed E-state index contributed by atoms with van der Waals surface area (Å²) in [7, 11) is 0. The molecule has 0 unspecified atom stereocenters. The third-order valence-corrected chi connectivity index (χ3v) is 5.61. The summed E-state index contributed by atoms with van der Waals surface area (Å²) in [5.74, 6) is -0.187. The van der Waals surface area contributed by atoms with Gasteiger partial charge in [-0.3, -0.25) is 9.69 Å². The molecule has 0 bridgehead atoms. The van der Waals surface area contributed by atoms with Crippen LogP contribution in [0.1, 0.15) is 36.8 Å². The van der Waals surface area contributed by atoms with Gasteiger partial charge in [0.15, 0.2) is 0 Å². The molecule has 0 radical (unpaired) electrons. The van der Waals surface area contributed by atoms with Crippen molar-refractivity contribution < 1.29 is 9.18 Å². The van der Waals surface area contributed by atoms with E-state index in [-0.39, 0.29) is 11.7 Å². The molecule has 1 heterocycles. The first kappa shape index (κ1) is 18.9. The average molecular weight is 381 g/mol. The molecule has 28 heavy (non-hydrogen) atoms. The van der Waals surface area contributed by atoms with E-state index >= 15 is 0 Å². The molecule has 0 spiro atoms. The van der Waals surface area contributed by atoms with Crippen LogP contribution in [-0.2, 0) is 17.9 Å². The smallest absolute Gasteiger partial charge is 0.234 e. The molecular weight excluding hydrogens is 353 g/mol. The largest absolute Gasteiger partial charge is 0.372 e. The van der Waals surface area contributed by atoms with Gasteiger partial charge in [-0.1, -0.05) is 24.3 Å². The molecule has 148 valence electrons. The highest BCUT2D eigenvalue weighted by Crippen LogP contribution is 2.28. The van der Waals surface area contributed by atoms with E-state index in [2.05, 4.69) is 39.4 Å². The molecule has 1 amide bonds. The van der Waals surface area contributed by atoms with Gasteiger partial charge in [0.25, 0.3) is 0 Å². The maximum atomic E-state index is 13.1. The number of hydrogen-bond acceptors (Lipinski definition) is 3. The maximum Gasteiger partial charge on any atom is 0.234 e. The number of carbonyl (C=O) groups is 1. The number of anilines is 1. The highest BCUT2D eigenvalue weighted by Gasteiger charge is 2.30. The van der Waals surface area contributed by atoms with Gasteiger partial charge in [0.05, 0.1) is 6.54 Å². The van der Waals surface area contributed by atoms with Crippen LogP contribution in [0, 0.1) is 5.82 Å². The predicted molar refractivity (Wildman–Crippen MR) is 110 cm³/mol. The lowest BCUT2D eigenvalue weighted by Crippen LogP contribution is -2.37. The molecule has 0 aromatic heterocycles. The molecule has 0 atom stereocenters. The van der Waals surface area contributed by atoms with Crippen LogP contribution >= 0.6 is 0 Å². The Hall–Kier alpha value is -2.40. The van der Waals surface area contributed by atoms with E-state index in [4.69, 9.17) is 0 Å². The van der Waals surface area contributed by atoms with E-state index in [1.54, 1.807) is 12.1 Å². The van der Waals surface area contributed by atoms with Crippen molar-refractivity contribution in [3.05, 3.63) is 65.5 Å². The fraction of sp³-hybridized carbons (Fsp3) is 0.435. The molecule has 2 aromatic carbocycles. The van der Waals surface area contributed by atoms with Crippen LogP contribution in [0.4, 0.5) is 10.1 Å². The van der Waals surface area contributed by atoms with Gasteiger partial charge in [0.1, 0.15) is 5.82 Å². The summed E-state index contributed by atoms with van der Waals surface area (Å²) in [6.45, 7) is 3.90. The Kier molecular flexibility index (Phi) is 5.91. The van der Waals surface area contributed by atoms with E-state index < -0.39 is 0 Å². The zero-order valence-corrected chi connectivity index (χ0v) is 16.2. The normalized spacial score (nSPS) is 16.6. The van der Waals surface area contributed by atoms with E-state index in [0.29, 0.717) is 25.7 Å². The Balaban J connectivity index is 1.27. The van der Waals surface area contributed by atoms with E-state index in [0.717, 1.165) is 37.1 Å². The summed E-state index contributed by atoms with van der Waals surface area (Å²) in [6.07, 6.45) is 4.80. The molecule has 4 nitrogen and oxygen atoms in total. The molecule has 5 heteroatoms. The molecule has 1 saturated carbocycles. The van der Waals surface area contributed by atoms with Gasteiger partial charge in [-0.2, -0.15) is 0 Å². The van der Waals surface area contributed by atoms with Crippen LogP contribution in [0.2, 0.25) is 0 Å². The van der Waals surface area contributed by atoms with Gasteiger partial charge in [0.2, 0.25) is 5.91 Å². The van der Waals surface area contributed by atoms with Crippen molar-refractivity contribution >= 4 is 11.6 Å². The lowest BCUT2D eigenvalue weighted by atomic mass is 10.2. The number of amides is 1. The first-order valence-corrected chi connectivity index (χ1v) is 10.3. The second-order valence-corrected chi connectivity index (χ2v) is 7.90. The molecule has 1 aliphatic heterocycles. The van der Waals surface area contributed by atoms with Crippen molar-refractivity contribution in [2.75, 3.05) is 24.5 Å². The van der Waals surface area contributed by atoms with Gasteiger partial charge in [-0.25, -0.2) is 4.39 Å². The molecule has 1 aliphatic carbocycles. The number of hydrogen-bond donors (Lipinski definition) is 1. The topological polar surface area (TPSA) is 35.6 Å². The summed E-state index contributed by atoms with van der Waals surface area (Å²) in [5.41, 5.74) is 3.43. The molecule has 2 fully saturated rings. The molecule has 1 saturated heterocycles. The Morgan fingerprint density at radius 2 is 1.64 bits per heavy atom. The van der Waals surface area contributed by atoms with Crippen LogP contribution in [-0.4, -0.2) is 36.5 Å². The number of nitrogens with zero attached hydrogens (tertiary/aromatic N) is 2. The van der Waals surface area contributed by atoms with Crippen molar-refractivity contribution in [1.29, 1.82) is 0 Å². The Bertz CT molecular complexity index is 780. The third kappa shape index (κ3) is 5.10. The minimum absolute atomic E-state index is 0.0395. The summed E-state index contributed by atoms with van der Waals surface area (Å²) in [5, 5.41) is 3.04. The fourth-order valence-corrected chi connectivity index (χ4v) is 3.82. The minimum Gasteiger partial charge on any atom is -0.372 e. The second-order valence-electron chi connectivity index (χ2n) is 7.90. The van der Waals surface area contributed by atoms with Crippen molar-refractivity contribution in [2.24, 2.45) is 0 Å². The summed E-state index contributed by atoms with van der Waals surface area (Å²) in [4.78, 5) is 17.1. The first-order valence-electron chi connectivity index (χ1n) is 10.3. The molecule has 4 rings (SSSR count). The van der Waals surface area contributed by atoms with Crippen LogP contribution in [0.3, 0.4) is 0 Å². The Morgan fingerprint density at radius 3 is 2.29 bits per heavy atom. The van der Waals surface area contributed by atoms with E-state index in [9.17, 15) is 9.18 Å².